The first-order valence-corrected chi connectivity index (χ1v) is 18.8. The van der Waals surface area contributed by atoms with Crippen LogP contribution in [-0.4, -0.2) is 15.0 Å². The van der Waals surface area contributed by atoms with Gasteiger partial charge in [-0.25, -0.2) is 15.0 Å². The molecule has 4 nitrogen and oxygen atoms in total. The summed E-state index contributed by atoms with van der Waals surface area (Å²) in [6.45, 7) is 0. The molecule has 0 aliphatic rings. The molecule has 0 N–H and O–H groups in total. The summed E-state index contributed by atoms with van der Waals surface area (Å²) in [4.78, 5) is 16.0. The normalized spacial score (nSPS) is 11.6. The maximum atomic E-state index is 10.8. The second-order valence-electron chi connectivity index (χ2n) is 14.2. The fourth-order valence-electron chi connectivity index (χ4n) is 8.49. The summed E-state index contributed by atoms with van der Waals surface area (Å²) in [7, 11) is 0. The lowest BCUT2D eigenvalue weighted by molar-refractivity contribution is 1.30. The Bertz CT molecular complexity index is 3390. The average Bonchev–Trinajstić information content (AvgIpc) is 3.28. The van der Waals surface area contributed by atoms with E-state index in [0.717, 1.165) is 72.1 Å². The van der Waals surface area contributed by atoms with Gasteiger partial charge in [-0.3, -0.25) is 0 Å². The van der Waals surface area contributed by atoms with Crippen molar-refractivity contribution in [2.24, 2.45) is 0 Å². The van der Waals surface area contributed by atoms with Crippen molar-refractivity contribution in [3.8, 4) is 51.0 Å². The Balaban J connectivity index is 1.18. The van der Waals surface area contributed by atoms with E-state index in [-0.39, 0.29) is 0 Å². The molecule has 2 aromatic heterocycles. The number of aromatic nitrogens is 3. The Labute approximate surface area is 322 Å². The third kappa shape index (κ3) is 4.96. The van der Waals surface area contributed by atoms with Gasteiger partial charge in [0, 0.05) is 32.8 Å². The van der Waals surface area contributed by atoms with Gasteiger partial charge in [0.05, 0.1) is 45.3 Å². The molecule has 2 heterocycles. The van der Waals surface area contributed by atoms with Gasteiger partial charge < -0.3 is 0 Å². The SMILES string of the molecule is N#Cc1cc2nc(-c3ccccc3)c(-c3ccccc3)nc2c2c1c(-c1cccc(-c3ccc4c5ccccc5c5ccccc5c4c3)c1)nc1ccccc12. The van der Waals surface area contributed by atoms with E-state index in [1.165, 1.54) is 32.3 Å². The van der Waals surface area contributed by atoms with Crippen LogP contribution < -0.4 is 0 Å². The first kappa shape index (κ1) is 31.8. The Hall–Kier alpha value is -7.74. The van der Waals surface area contributed by atoms with E-state index >= 15 is 0 Å². The van der Waals surface area contributed by atoms with Gasteiger partial charge in [0.15, 0.2) is 0 Å². The molecule has 0 bridgehead atoms. The third-order valence-electron chi connectivity index (χ3n) is 11.0. The molecule has 4 heteroatoms. The summed E-state index contributed by atoms with van der Waals surface area (Å²) in [5.74, 6) is 0. The molecule has 0 radical (unpaired) electrons. The quantitative estimate of drug-likeness (QED) is 0.171. The monoisotopic (exact) mass is 710 g/mol. The fourth-order valence-corrected chi connectivity index (χ4v) is 8.49. The van der Waals surface area contributed by atoms with Crippen LogP contribution in [0.25, 0.3) is 110 Å². The van der Waals surface area contributed by atoms with E-state index in [4.69, 9.17) is 15.0 Å². The predicted octanol–water partition coefficient (Wildman–Crippen LogP) is 13.3. The molecule has 258 valence electrons. The summed E-state index contributed by atoms with van der Waals surface area (Å²) < 4.78 is 0. The maximum absolute atomic E-state index is 10.8. The van der Waals surface area contributed by atoms with Crippen LogP contribution in [0.3, 0.4) is 0 Å². The van der Waals surface area contributed by atoms with Gasteiger partial charge in [-0.15, -0.1) is 0 Å². The van der Waals surface area contributed by atoms with Crippen LogP contribution in [0.4, 0.5) is 0 Å². The fraction of sp³-hybridized carbons (Fsp3) is 0. The van der Waals surface area contributed by atoms with E-state index < -0.39 is 0 Å². The van der Waals surface area contributed by atoms with E-state index in [1.54, 1.807) is 0 Å². The molecule has 0 amide bonds. The third-order valence-corrected chi connectivity index (χ3v) is 11.0. The standard InChI is InChI=1S/C52H30N4/c53-31-37-30-46-52(56-51(33-16-5-2-6-17-33)50(55-46)32-14-3-1-4-15-32)48-43-24-11-12-25-45(43)54-49(47(37)48)36-19-13-18-34(28-36)35-26-27-42-40-22-8-7-20-38(40)39-21-9-10-23-41(39)44(42)29-35/h1-30H. The van der Waals surface area contributed by atoms with Crippen molar-refractivity contribution in [2.45, 2.75) is 0 Å². The lowest BCUT2D eigenvalue weighted by Crippen LogP contribution is -1.99. The minimum Gasteiger partial charge on any atom is -0.247 e. The van der Waals surface area contributed by atoms with Crippen molar-refractivity contribution in [2.75, 3.05) is 0 Å². The molecule has 0 saturated carbocycles. The molecule has 0 aliphatic heterocycles. The molecular formula is C52H30N4. The Kier molecular flexibility index (Phi) is 7.20. The second-order valence-corrected chi connectivity index (χ2v) is 14.2. The van der Waals surface area contributed by atoms with Crippen LogP contribution in [0, 0.1) is 11.3 Å². The Morgan fingerprint density at radius 2 is 0.821 bits per heavy atom. The van der Waals surface area contributed by atoms with Crippen LogP contribution in [-0.2, 0) is 0 Å². The summed E-state index contributed by atoms with van der Waals surface area (Å²) in [6, 6.07) is 65.5. The molecule has 0 spiro atoms. The lowest BCUT2D eigenvalue weighted by Gasteiger charge is -2.16. The van der Waals surface area contributed by atoms with Gasteiger partial charge in [0.25, 0.3) is 0 Å². The summed E-state index contributed by atoms with van der Waals surface area (Å²) in [5.41, 5.74) is 10.1. The second kappa shape index (κ2) is 12.7. The van der Waals surface area contributed by atoms with Crippen molar-refractivity contribution >= 4 is 65.0 Å². The maximum Gasteiger partial charge on any atom is 0.0999 e. The molecule has 11 aromatic rings. The highest BCUT2D eigenvalue weighted by Gasteiger charge is 2.22. The highest BCUT2D eigenvalue weighted by molar-refractivity contribution is 6.26. The number of benzene rings is 9. The van der Waals surface area contributed by atoms with Crippen LogP contribution in [0.5, 0.6) is 0 Å². The highest BCUT2D eigenvalue weighted by atomic mass is 14.8. The van der Waals surface area contributed by atoms with Crippen LogP contribution >= 0.6 is 0 Å². The zero-order valence-electron chi connectivity index (χ0n) is 30.1. The van der Waals surface area contributed by atoms with E-state index in [9.17, 15) is 5.26 Å². The highest BCUT2D eigenvalue weighted by Crippen LogP contribution is 2.42. The summed E-state index contributed by atoms with van der Waals surface area (Å²) in [6.07, 6.45) is 0. The number of rotatable bonds is 4. The van der Waals surface area contributed by atoms with Crippen molar-refractivity contribution in [1.29, 1.82) is 5.26 Å². The number of hydrogen-bond acceptors (Lipinski definition) is 4. The number of nitriles is 1. The molecular weight excluding hydrogens is 681 g/mol. The summed E-state index contributed by atoms with van der Waals surface area (Å²) >= 11 is 0. The van der Waals surface area contributed by atoms with Gasteiger partial charge in [-0.2, -0.15) is 5.26 Å². The zero-order chi connectivity index (χ0) is 37.2. The van der Waals surface area contributed by atoms with Crippen LogP contribution in [0.2, 0.25) is 0 Å². The van der Waals surface area contributed by atoms with Gasteiger partial charge >= 0.3 is 0 Å². The largest absolute Gasteiger partial charge is 0.247 e. The Morgan fingerprint density at radius 1 is 0.321 bits per heavy atom. The molecule has 0 unspecified atom stereocenters. The predicted molar refractivity (Wildman–Crippen MR) is 231 cm³/mol. The van der Waals surface area contributed by atoms with Gasteiger partial charge in [-0.05, 0) is 67.7 Å². The number of pyridine rings is 1. The average molecular weight is 711 g/mol. The molecule has 0 aliphatic carbocycles. The zero-order valence-corrected chi connectivity index (χ0v) is 30.1. The molecule has 56 heavy (non-hydrogen) atoms. The molecule has 11 rings (SSSR count). The topological polar surface area (TPSA) is 62.5 Å². The van der Waals surface area contributed by atoms with Crippen LogP contribution in [0.15, 0.2) is 182 Å². The molecule has 0 fully saturated rings. The number of fused-ring (bicyclic) bond motifs is 11. The van der Waals surface area contributed by atoms with Crippen molar-refractivity contribution in [3.05, 3.63) is 188 Å². The molecule has 0 atom stereocenters. The van der Waals surface area contributed by atoms with Crippen LogP contribution in [0.1, 0.15) is 5.56 Å². The first-order valence-electron chi connectivity index (χ1n) is 18.8. The molecule has 9 aromatic carbocycles. The van der Waals surface area contributed by atoms with Gasteiger partial charge in [-0.1, -0.05) is 158 Å². The van der Waals surface area contributed by atoms with Crippen molar-refractivity contribution in [3.63, 3.8) is 0 Å². The van der Waals surface area contributed by atoms with E-state index in [2.05, 4.69) is 127 Å². The number of para-hydroxylation sites is 1. The van der Waals surface area contributed by atoms with Crippen molar-refractivity contribution < 1.29 is 0 Å². The number of nitrogens with zero attached hydrogens (tertiary/aromatic N) is 4. The summed E-state index contributed by atoms with van der Waals surface area (Å²) in [5, 5.41) is 20.8. The first-order chi connectivity index (χ1) is 27.7. The minimum atomic E-state index is 0.510. The molecule has 0 saturated heterocycles. The minimum absolute atomic E-state index is 0.510. The van der Waals surface area contributed by atoms with Gasteiger partial charge in [0.2, 0.25) is 0 Å². The van der Waals surface area contributed by atoms with E-state index in [1.807, 2.05) is 60.7 Å². The number of hydrogen-bond donors (Lipinski definition) is 0. The van der Waals surface area contributed by atoms with Crippen molar-refractivity contribution in [1.82, 2.24) is 15.0 Å². The van der Waals surface area contributed by atoms with E-state index in [0.29, 0.717) is 11.1 Å². The van der Waals surface area contributed by atoms with Gasteiger partial charge in [0.1, 0.15) is 0 Å². The lowest BCUT2D eigenvalue weighted by atomic mass is 9.91. The Morgan fingerprint density at radius 3 is 1.48 bits per heavy atom. The smallest absolute Gasteiger partial charge is 0.0999 e.